The summed E-state index contributed by atoms with van der Waals surface area (Å²) in [4.78, 5) is 12.3. The maximum Gasteiger partial charge on any atom is 0.262 e. The lowest BCUT2D eigenvalue weighted by molar-refractivity contribution is -0.118. The fourth-order valence-electron chi connectivity index (χ4n) is 3.00. The van der Waals surface area contributed by atoms with Crippen LogP contribution in [0.25, 0.3) is 0 Å². The number of anilines is 1. The van der Waals surface area contributed by atoms with Gasteiger partial charge in [-0.1, -0.05) is 48.5 Å². The van der Waals surface area contributed by atoms with Crippen molar-refractivity contribution in [2.45, 2.75) is 20.0 Å². The van der Waals surface area contributed by atoms with Crippen molar-refractivity contribution in [3.8, 4) is 11.5 Å². The first-order valence-electron chi connectivity index (χ1n) is 9.66. The molecule has 3 aromatic carbocycles. The molecule has 0 bridgehead atoms. The van der Waals surface area contributed by atoms with Gasteiger partial charge in [0.25, 0.3) is 5.91 Å². The highest BCUT2D eigenvalue weighted by molar-refractivity contribution is 9.10. The minimum atomic E-state index is -0.230. The molecule has 0 aromatic heterocycles. The van der Waals surface area contributed by atoms with Crippen molar-refractivity contribution >= 4 is 27.5 Å². The Bertz CT molecular complexity index is 993. The molecule has 0 fully saturated rings. The second kappa shape index (κ2) is 10.8. The maximum atomic E-state index is 12.3. The van der Waals surface area contributed by atoms with Gasteiger partial charge in [0, 0.05) is 18.8 Å². The van der Waals surface area contributed by atoms with Gasteiger partial charge in [-0.25, -0.2) is 0 Å². The number of carbonyl (C=O) groups is 1. The number of benzene rings is 3. The van der Waals surface area contributed by atoms with E-state index in [1.807, 2.05) is 61.5 Å². The third-order valence-electron chi connectivity index (χ3n) is 4.56. The maximum absolute atomic E-state index is 12.3. The molecule has 5 nitrogen and oxygen atoms in total. The molecule has 6 heteroatoms. The Kier molecular flexibility index (Phi) is 7.88. The highest BCUT2D eigenvalue weighted by atomic mass is 79.9. The van der Waals surface area contributed by atoms with E-state index in [1.165, 1.54) is 5.56 Å². The molecule has 1 amide bonds. The molecular formula is C24H25BrN2O3. The van der Waals surface area contributed by atoms with Crippen LogP contribution in [0.1, 0.15) is 16.7 Å². The zero-order valence-corrected chi connectivity index (χ0v) is 18.7. The largest absolute Gasteiger partial charge is 0.493 e. The van der Waals surface area contributed by atoms with Gasteiger partial charge in [-0.2, -0.15) is 0 Å². The zero-order valence-electron chi connectivity index (χ0n) is 17.1. The third-order valence-corrected chi connectivity index (χ3v) is 5.15. The first-order chi connectivity index (χ1) is 14.6. The number of para-hydroxylation sites is 1. The van der Waals surface area contributed by atoms with Gasteiger partial charge in [-0.3, -0.25) is 4.79 Å². The van der Waals surface area contributed by atoms with Gasteiger partial charge in [-0.05, 0) is 57.7 Å². The Balaban J connectivity index is 1.59. The van der Waals surface area contributed by atoms with E-state index in [9.17, 15) is 4.79 Å². The van der Waals surface area contributed by atoms with Crippen molar-refractivity contribution in [3.05, 3.63) is 87.9 Å². The fourth-order valence-corrected chi connectivity index (χ4v) is 3.60. The van der Waals surface area contributed by atoms with Crippen molar-refractivity contribution in [3.63, 3.8) is 0 Å². The number of rotatable bonds is 9. The molecule has 0 radical (unpaired) electrons. The van der Waals surface area contributed by atoms with Crippen molar-refractivity contribution in [2.75, 3.05) is 19.0 Å². The van der Waals surface area contributed by atoms with E-state index in [4.69, 9.17) is 9.47 Å². The Morgan fingerprint density at radius 1 is 0.967 bits per heavy atom. The van der Waals surface area contributed by atoms with Crippen LogP contribution in [0.5, 0.6) is 11.5 Å². The van der Waals surface area contributed by atoms with Gasteiger partial charge in [0.2, 0.25) is 0 Å². The van der Waals surface area contributed by atoms with Crippen molar-refractivity contribution in [1.29, 1.82) is 0 Å². The minimum absolute atomic E-state index is 0.116. The number of carbonyl (C=O) groups excluding carboxylic acids is 1. The summed E-state index contributed by atoms with van der Waals surface area (Å²) >= 11 is 3.54. The standard InChI is InChI=1S/C24H25BrN2O3/c1-17-8-6-7-11-21(17)27-23(28)16-30-24-20(25)12-19(13-22(24)29-2)15-26-14-18-9-4-3-5-10-18/h3-13,26H,14-16H2,1-2H3,(H,27,28). The number of aryl methyl sites for hydroxylation is 1. The van der Waals surface area contributed by atoms with Gasteiger partial charge in [0.15, 0.2) is 18.1 Å². The van der Waals surface area contributed by atoms with E-state index in [1.54, 1.807) is 7.11 Å². The van der Waals surface area contributed by atoms with Gasteiger partial charge in [-0.15, -0.1) is 0 Å². The van der Waals surface area contributed by atoms with Crippen molar-refractivity contribution in [1.82, 2.24) is 5.32 Å². The number of hydrogen-bond acceptors (Lipinski definition) is 4. The van der Waals surface area contributed by atoms with Crippen molar-refractivity contribution in [2.24, 2.45) is 0 Å². The number of methoxy groups -OCH3 is 1. The molecular weight excluding hydrogens is 444 g/mol. The molecule has 2 N–H and O–H groups in total. The first-order valence-corrected chi connectivity index (χ1v) is 10.5. The molecule has 156 valence electrons. The van der Waals surface area contributed by atoms with Crippen LogP contribution in [-0.4, -0.2) is 19.6 Å². The Hall–Kier alpha value is -2.83. The van der Waals surface area contributed by atoms with E-state index in [2.05, 4.69) is 38.7 Å². The van der Waals surface area contributed by atoms with Crippen LogP contribution in [0.4, 0.5) is 5.69 Å². The number of halogens is 1. The second-order valence-corrected chi connectivity index (χ2v) is 7.70. The summed E-state index contributed by atoms with van der Waals surface area (Å²) in [5, 5.41) is 6.28. The van der Waals surface area contributed by atoms with E-state index < -0.39 is 0 Å². The molecule has 0 spiro atoms. The number of hydrogen-bond donors (Lipinski definition) is 2. The van der Waals surface area contributed by atoms with Crippen LogP contribution < -0.4 is 20.1 Å². The highest BCUT2D eigenvalue weighted by Gasteiger charge is 2.14. The van der Waals surface area contributed by atoms with Crippen LogP contribution in [0.2, 0.25) is 0 Å². The second-order valence-electron chi connectivity index (χ2n) is 6.85. The van der Waals surface area contributed by atoms with Gasteiger partial charge in [0.1, 0.15) is 0 Å². The van der Waals surface area contributed by atoms with E-state index in [0.717, 1.165) is 27.8 Å². The predicted octanol–water partition coefficient (Wildman–Crippen LogP) is 5.07. The average Bonchev–Trinajstić information content (AvgIpc) is 2.75. The summed E-state index contributed by atoms with van der Waals surface area (Å²) in [6, 6.07) is 21.7. The first kappa shape index (κ1) is 21.9. The number of amides is 1. The molecule has 3 rings (SSSR count). The Labute approximate surface area is 185 Å². The number of ether oxygens (including phenoxy) is 2. The zero-order chi connectivity index (χ0) is 21.3. The van der Waals surface area contributed by atoms with Crippen LogP contribution in [-0.2, 0) is 17.9 Å². The predicted molar refractivity (Wildman–Crippen MR) is 123 cm³/mol. The van der Waals surface area contributed by atoms with Crippen LogP contribution >= 0.6 is 15.9 Å². The summed E-state index contributed by atoms with van der Waals surface area (Å²) in [7, 11) is 1.59. The quantitative estimate of drug-likeness (QED) is 0.459. The van der Waals surface area contributed by atoms with Gasteiger partial charge in [0.05, 0.1) is 11.6 Å². The summed E-state index contributed by atoms with van der Waals surface area (Å²) in [5.41, 5.74) is 4.04. The summed E-state index contributed by atoms with van der Waals surface area (Å²) in [6.45, 7) is 3.28. The SMILES string of the molecule is COc1cc(CNCc2ccccc2)cc(Br)c1OCC(=O)Nc1ccccc1C. The minimum Gasteiger partial charge on any atom is -0.493 e. The van der Waals surface area contributed by atoms with Gasteiger partial charge < -0.3 is 20.1 Å². The van der Waals surface area contributed by atoms with E-state index in [0.29, 0.717) is 18.0 Å². The highest BCUT2D eigenvalue weighted by Crippen LogP contribution is 2.36. The third kappa shape index (κ3) is 6.08. The molecule has 0 aliphatic heterocycles. The molecule has 0 saturated heterocycles. The van der Waals surface area contributed by atoms with Crippen LogP contribution in [0.15, 0.2) is 71.2 Å². The van der Waals surface area contributed by atoms with Gasteiger partial charge >= 0.3 is 0 Å². The average molecular weight is 469 g/mol. The Morgan fingerprint density at radius 2 is 1.67 bits per heavy atom. The lowest BCUT2D eigenvalue weighted by Crippen LogP contribution is -2.21. The molecule has 0 atom stereocenters. The molecule has 3 aromatic rings. The van der Waals surface area contributed by atoms with Crippen LogP contribution in [0, 0.1) is 6.92 Å². The number of nitrogens with one attached hydrogen (secondary N) is 2. The Morgan fingerprint density at radius 3 is 2.40 bits per heavy atom. The molecule has 0 saturated carbocycles. The lowest BCUT2D eigenvalue weighted by Gasteiger charge is -2.15. The molecule has 0 aliphatic rings. The lowest BCUT2D eigenvalue weighted by atomic mass is 10.2. The van der Waals surface area contributed by atoms with Crippen LogP contribution in [0.3, 0.4) is 0 Å². The molecule has 0 unspecified atom stereocenters. The normalized spacial score (nSPS) is 10.5. The monoisotopic (exact) mass is 468 g/mol. The smallest absolute Gasteiger partial charge is 0.262 e. The summed E-state index contributed by atoms with van der Waals surface area (Å²) in [5.74, 6) is 0.848. The van der Waals surface area contributed by atoms with Crippen molar-refractivity contribution < 1.29 is 14.3 Å². The molecule has 0 heterocycles. The molecule has 30 heavy (non-hydrogen) atoms. The van der Waals surface area contributed by atoms with E-state index in [-0.39, 0.29) is 12.5 Å². The summed E-state index contributed by atoms with van der Waals surface area (Å²) < 4.78 is 12.0. The fraction of sp³-hybridized carbons (Fsp3) is 0.208. The summed E-state index contributed by atoms with van der Waals surface area (Å²) in [6.07, 6.45) is 0. The molecule has 0 aliphatic carbocycles. The van der Waals surface area contributed by atoms with E-state index >= 15 is 0 Å². The topological polar surface area (TPSA) is 59.6 Å².